The van der Waals surface area contributed by atoms with E-state index in [1.54, 1.807) is 30.5 Å². The third-order valence-electron chi connectivity index (χ3n) is 4.84. The van der Waals surface area contributed by atoms with Gasteiger partial charge in [-0.05, 0) is 48.5 Å². The molecule has 11 heteroatoms. The van der Waals surface area contributed by atoms with Gasteiger partial charge in [0.15, 0.2) is 0 Å². The van der Waals surface area contributed by atoms with Crippen molar-refractivity contribution in [3.63, 3.8) is 0 Å². The Morgan fingerprint density at radius 2 is 1.86 bits per heavy atom. The second-order valence-electron chi connectivity index (χ2n) is 7.17. The van der Waals surface area contributed by atoms with Crippen LogP contribution in [0.4, 0.5) is 30.6 Å². The summed E-state index contributed by atoms with van der Waals surface area (Å²) in [4.78, 5) is 16.8. The zero-order valence-electron chi connectivity index (χ0n) is 18.1. The lowest BCUT2D eigenvalue weighted by molar-refractivity contribution is 0.252. The van der Waals surface area contributed by atoms with Gasteiger partial charge in [0.25, 0.3) is 0 Å². The van der Waals surface area contributed by atoms with Crippen molar-refractivity contribution in [2.45, 2.75) is 0 Å². The Labute approximate surface area is 208 Å². The molecule has 1 heterocycles. The van der Waals surface area contributed by atoms with Crippen LogP contribution < -0.4 is 20.8 Å². The highest BCUT2D eigenvalue weighted by molar-refractivity contribution is 6.33. The van der Waals surface area contributed by atoms with Crippen LogP contribution in [0.15, 0.2) is 65.9 Å². The number of hydrazone groups is 1. The third kappa shape index (κ3) is 5.76. The minimum Gasteiger partial charge on any atom is -0.494 e. The van der Waals surface area contributed by atoms with Crippen molar-refractivity contribution in [2.75, 3.05) is 17.7 Å². The zero-order chi connectivity index (χ0) is 24.9. The number of aromatic nitrogens is 1. The molecule has 4 rings (SSSR count). The van der Waals surface area contributed by atoms with E-state index in [-0.39, 0.29) is 10.0 Å². The highest BCUT2D eigenvalue weighted by atomic mass is 35.5. The molecule has 0 radical (unpaired) electrons. The number of urea groups is 1. The maximum Gasteiger partial charge on any atom is 0.339 e. The summed E-state index contributed by atoms with van der Waals surface area (Å²) in [7, 11) is 1.46. The van der Waals surface area contributed by atoms with Gasteiger partial charge in [-0.3, -0.25) is 4.98 Å². The van der Waals surface area contributed by atoms with Gasteiger partial charge in [-0.2, -0.15) is 5.10 Å². The van der Waals surface area contributed by atoms with E-state index in [0.29, 0.717) is 39.3 Å². The van der Waals surface area contributed by atoms with Gasteiger partial charge >= 0.3 is 6.03 Å². The molecule has 7 nitrogen and oxygen atoms in total. The van der Waals surface area contributed by atoms with Crippen molar-refractivity contribution >= 4 is 63.4 Å². The molecule has 3 aromatic carbocycles. The number of benzene rings is 3. The van der Waals surface area contributed by atoms with Gasteiger partial charge in [-0.15, -0.1) is 0 Å². The fourth-order valence-corrected chi connectivity index (χ4v) is 3.59. The Bertz CT molecular complexity index is 1450. The number of amides is 2. The molecular formula is C24H17Cl2F2N5O2. The van der Waals surface area contributed by atoms with Crippen LogP contribution in [-0.4, -0.2) is 24.3 Å². The molecule has 0 saturated heterocycles. The topological polar surface area (TPSA) is 87.6 Å². The first-order chi connectivity index (χ1) is 16.8. The third-order valence-corrected chi connectivity index (χ3v) is 5.46. The van der Waals surface area contributed by atoms with Crippen molar-refractivity contribution in [1.82, 2.24) is 10.4 Å². The first kappa shape index (κ1) is 24.2. The number of halogens is 4. The van der Waals surface area contributed by atoms with Gasteiger partial charge in [-0.25, -0.2) is 19.0 Å². The number of carbonyl (C=O) groups is 1. The van der Waals surface area contributed by atoms with E-state index in [0.717, 1.165) is 6.07 Å². The summed E-state index contributed by atoms with van der Waals surface area (Å²) in [6, 6.07) is 12.5. The average Bonchev–Trinajstić information content (AvgIpc) is 2.83. The SMILES string of the molecule is COc1cc2nccc(Nc3ccc(F)c(Cl)c3)c2cc1NC(=O)N/N=C/c1ccc(F)cc1Cl. The predicted octanol–water partition coefficient (Wildman–Crippen LogP) is 6.73. The molecule has 1 aromatic heterocycles. The van der Waals surface area contributed by atoms with Gasteiger partial charge in [0.05, 0.1) is 34.6 Å². The van der Waals surface area contributed by atoms with Gasteiger partial charge in [0, 0.05) is 34.6 Å². The lowest BCUT2D eigenvalue weighted by atomic mass is 10.1. The van der Waals surface area contributed by atoms with E-state index in [9.17, 15) is 13.6 Å². The lowest BCUT2D eigenvalue weighted by Crippen LogP contribution is -2.24. The van der Waals surface area contributed by atoms with E-state index in [4.69, 9.17) is 27.9 Å². The van der Waals surface area contributed by atoms with Crippen LogP contribution in [0.3, 0.4) is 0 Å². The predicted molar refractivity (Wildman–Crippen MR) is 134 cm³/mol. The van der Waals surface area contributed by atoms with E-state index in [1.807, 2.05) is 0 Å². The van der Waals surface area contributed by atoms with Crippen LogP contribution in [-0.2, 0) is 0 Å². The van der Waals surface area contributed by atoms with Crippen molar-refractivity contribution in [1.29, 1.82) is 0 Å². The number of hydrogen-bond acceptors (Lipinski definition) is 5. The number of hydrogen-bond donors (Lipinski definition) is 3. The van der Waals surface area contributed by atoms with Gasteiger partial charge in [0.2, 0.25) is 0 Å². The molecule has 35 heavy (non-hydrogen) atoms. The molecule has 0 unspecified atom stereocenters. The normalized spacial score (nSPS) is 11.0. The highest BCUT2D eigenvalue weighted by Crippen LogP contribution is 2.34. The molecule has 0 bridgehead atoms. The molecule has 0 saturated carbocycles. The molecule has 3 N–H and O–H groups in total. The number of nitrogens with one attached hydrogen (secondary N) is 3. The standard InChI is InChI=1S/C24H17Cl2F2N5O2/c1-35-23-11-21-16(20(6-7-29-21)31-15-4-5-19(28)18(26)9-15)10-22(23)32-24(34)33-30-12-13-2-3-14(27)8-17(13)25/h2-12H,1H3,(H,29,31)(H2,32,33,34)/b30-12+. The van der Waals surface area contributed by atoms with Crippen molar-refractivity contribution in [2.24, 2.45) is 5.10 Å². The van der Waals surface area contributed by atoms with E-state index in [2.05, 4.69) is 26.1 Å². The number of carbonyl (C=O) groups excluding carboxylic acids is 1. The van der Waals surface area contributed by atoms with Crippen LogP contribution in [0, 0.1) is 11.6 Å². The summed E-state index contributed by atoms with van der Waals surface area (Å²) < 4.78 is 32.1. The fourth-order valence-electron chi connectivity index (χ4n) is 3.20. The van der Waals surface area contributed by atoms with Crippen LogP contribution in [0.2, 0.25) is 10.0 Å². The molecule has 0 fully saturated rings. The van der Waals surface area contributed by atoms with Gasteiger partial charge in [-0.1, -0.05) is 23.2 Å². The number of anilines is 3. The maximum absolute atomic E-state index is 13.5. The van der Waals surface area contributed by atoms with Crippen LogP contribution in [0.25, 0.3) is 10.9 Å². The summed E-state index contributed by atoms with van der Waals surface area (Å²) in [6.07, 6.45) is 2.89. The molecule has 178 valence electrons. The Kier molecular flexibility index (Phi) is 7.28. The molecule has 0 aliphatic carbocycles. The second-order valence-corrected chi connectivity index (χ2v) is 7.99. The van der Waals surface area contributed by atoms with Crippen LogP contribution in [0.1, 0.15) is 5.56 Å². The quantitative estimate of drug-likeness (QED) is 0.196. The van der Waals surface area contributed by atoms with E-state index in [1.165, 1.54) is 37.6 Å². The van der Waals surface area contributed by atoms with Crippen molar-refractivity contribution < 1.29 is 18.3 Å². The molecular weight excluding hydrogens is 499 g/mol. The number of rotatable bonds is 6. The minimum absolute atomic E-state index is 0.0171. The average molecular weight is 516 g/mol. The van der Waals surface area contributed by atoms with Gasteiger partial charge < -0.3 is 15.4 Å². The van der Waals surface area contributed by atoms with Crippen molar-refractivity contribution in [3.8, 4) is 5.75 Å². The van der Waals surface area contributed by atoms with E-state index >= 15 is 0 Å². The number of ether oxygens (including phenoxy) is 1. The molecule has 0 atom stereocenters. The summed E-state index contributed by atoms with van der Waals surface area (Å²) >= 11 is 11.8. The molecule has 0 aliphatic rings. The number of nitrogens with zero attached hydrogens (tertiary/aromatic N) is 2. The Balaban J connectivity index is 1.56. The minimum atomic E-state index is -0.652. The smallest absolute Gasteiger partial charge is 0.339 e. The second kappa shape index (κ2) is 10.5. The van der Waals surface area contributed by atoms with Crippen molar-refractivity contribution in [3.05, 3.63) is 88.0 Å². The largest absolute Gasteiger partial charge is 0.494 e. The highest BCUT2D eigenvalue weighted by Gasteiger charge is 2.13. The monoisotopic (exact) mass is 515 g/mol. The maximum atomic E-state index is 13.5. The molecule has 2 amide bonds. The number of pyridine rings is 1. The molecule has 0 aliphatic heterocycles. The molecule has 4 aromatic rings. The summed E-state index contributed by atoms with van der Waals surface area (Å²) in [5, 5.41) is 10.5. The Morgan fingerprint density at radius 1 is 1.03 bits per heavy atom. The number of methoxy groups -OCH3 is 1. The summed E-state index contributed by atoms with van der Waals surface area (Å²) in [6.45, 7) is 0. The Hall–Kier alpha value is -3.95. The first-order valence-electron chi connectivity index (χ1n) is 10.1. The Morgan fingerprint density at radius 3 is 2.60 bits per heavy atom. The first-order valence-corrected chi connectivity index (χ1v) is 10.8. The summed E-state index contributed by atoms with van der Waals surface area (Å²) in [5.41, 5.74) is 4.90. The number of fused-ring (bicyclic) bond motifs is 1. The lowest BCUT2D eigenvalue weighted by Gasteiger charge is -2.14. The zero-order valence-corrected chi connectivity index (χ0v) is 19.6. The van der Waals surface area contributed by atoms with Crippen LogP contribution >= 0.6 is 23.2 Å². The van der Waals surface area contributed by atoms with E-state index < -0.39 is 17.7 Å². The summed E-state index contributed by atoms with van der Waals surface area (Å²) in [5.74, 6) is -0.636. The fraction of sp³-hybridized carbons (Fsp3) is 0.0417. The molecule has 0 spiro atoms. The van der Waals surface area contributed by atoms with Gasteiger partial charge in [0.1, 0.15) is 17.4 Å². The van der Waals surface area contributed by atoms with Crippen LogP contribution in [0.5, 0.6) is 5.75 Å².